The van der Waals surface area contributed by atoms with Crippen LogP contribution in [0, 0.1) is 0 Å². The molecule has 0 aliphatic heterocycles. The van der Waals surface area contributed by atoms with Crippen LogP contribution >= 0.6 is 22.9 Å². The molecular weight excluding hydrogens is 269 g/mol. The monoisotopic (exact) mass is 274 g/mol. The molecule has 16 heavy (non-hydrogen) atoms. The van der Waals surface area contributed by atoms with Gasteiger partial charge in [-0.15, -0.1) is 11.3 Å². The lowest BCUT2D eigenvalue weighted by Crippen LogP contribution is -2.35. The summed E-state index contributed by atoms with van der Waals surface area (Å²) in [6, 6.07) is -1.50. The Morgan fingerprint density at radius 2 is 2.31 bits per heavy atom. The first kappa shape index (κ1) is 13.2. The largest absolute Gasteiger partial charge is 0.480 e. The highest BCUT2D eigenvalue weighted by Crippen LogP contribution is 2.25. The zero-order valence-electron chi connectivity index (χ0n) is 7.58. The minimum Gasteiger partial charge on any atom is -0.480 e. The smallest absolute Gasteiger partial charge is 0.401 e. The van der Waals surface area contributed by atoms with E-state index in [2.05, 4.69) is 4.98 Å². The Hall–Kier alpha value is -0.860. The Labute approximate surface area is 97.1 Å². The van der Waals surface area contributed by atoms with Gasteiger partial charge in [0.2, 0.25) is 0 Å². The highest BCUT2D eigenvalue weighted by atomic mass is 35.5. The van der Waals surface area contributed by atoms with Crippen LogP contribution < -0.4 is 5.32 Å². The van der Waals surface area contributed by atoms with E-state index < -0.39 is 24.7 Å². The molecule has 1 rings (SSSR count). The van der Waals surface area contributed by atoms with Gasteiger partial charge in [-0.1, -0.05) is 11.6 Å². The lowest BCUT2D eigenvalue weighted by molar-refractivity contribution is -0.143. The van der Waals surface area contributed by atoms with Crippen LogP contribution in [0.1, 0.15) is 11.0 Å². The Bertz CT molecular complexity index is 382. The van der Waals surface area contributed by atoms with Gasteiger partial charge in [-0.05, 0) is 0 Å². The number of nitrogens with one attached hydrogen (secondary N) is 1. The normalized spacial score (nSPS) is 13.8. The molecule has 0 aromatic carbocycles. The van der Waals surface area contributed by atoms with Crippen LogP contribution in [0.4, 0.5) is 13.2 Å². The minimum atomic E-state index is -4.48. The van der Waals surface area contributed by atoms with Crippen LogP contribution in [0.25, 0.3) is 0 Å². The number of thiazole rings is 1. The van der Waals surface area contributed by atoms with Gasteiger partial charge in [0.1, 0.15) is 9.34 Å². The molecular formula is C7H6ClF3N2O2S. The number of aromatic nitrogens is 1. The molecule has 9 heteroatoms. The van der Waals surface area contributed by atoms with Crippen molar-refractivity contribution in [3.05, 3.63) is 15.5 Å². The lowest BCUT2D eigenvalue weighted by atomic mass is 10.3. The molecule has 2 N–H and O–H groups in total. The van der Waals surface area contributed by atoms with E-state index in [0.29, 0.717) is 0 Å². The Morgan fingerprint density at radius 3 is 2.69 bits per heavy atom. The summed E-state index contributed by atoms with van der Waals surface area (Å²) >= 11 is 6.33. The van der Waals surface area contributed by atoms with E-state index in [1.54, 1.807) is 0 Å². The van der Waals surface area contributed by atoms with Crippen molar-refractivity contribution >= 4 is 28.9 Å². The topological polar surface area (TPSA) is 62.2 Å². The number of rotatable bonds is 4. The van der Waals surface area contributed by atoms with Gasteiger partial charge in [0.15, 0.2) is 6.04 Å². The average molecular weight is 275 g/mol. The molecule has 0 fully saturated rings. The van der Waals surface area contributed by atoms with Gasteiger partial charge < -0.3 is 5.11 Å². The van der Waals surface area contributed by atoms with Crippen molar-refractivity contribution in [1.29, 1.82) is 0 Å². The fraction of sp³-hybridized carbons (Fsp3) is 0.429. The molecule has 4 nitrogen and oxygen atoms in total. The maximum Gasteiger partial charge on any atom is 0.401 e. The highest BCUT2D eigenvalue weighted by Gasteiger charge is 2.31. The molecule has 0 amide bonds. The summed E-state index contributed by atoms with van der Waals surface area (Å²) in [4.78, 5) is 14.3. The van der Waals surface area contributed by atoms with Crippen LogP contribution in [0.2, 0.25) is 4.34 Å². The van der Waals surface area contributed by atoms with Crippen molar-refractivity contribution in [2.24, 2.45) is 0 Å². The van der Waals surface area contributed by atoms with Crippen molar-refractivity contribution in [2.45, 2.75) is 12.2 Å². The van der Waals surface area contributed by atoms with E-state index in [4.69, 9.17) is 16.7 Å². The molecule has 0 aliphatic rings. The Morgan fingerprint density at radius 1 is 1.69 bits per heavy atom. The van der Waals surface area contributed by atoms with Crippen LogP contribution in [-0.2, 0) is 4.79 Å². The zero-order chi connectivity index (χ0) is 12.3. The SMILES string of the molecule is O=C(O)C(NCC(F)(F)F)c1ncc(Cl)s1. The summed E-state index contributed by atoms with van der Waals surface area (Å²) < 4.78 is 35.9. The maximum atomic E-state index is 11.9. The van der Waals surface area contributed by atoms with E-state index in [0.717, 1.165) is 11.3 Å². The first-order valence-electron chi connectivity index (χ1n) is 3.94. The maximum absolute atomic E-state index is 11.9. The fourth-order valence-electron chi connectivity index (χ4n) is 0.898. The van der Waals surface area contributed by atoms with Crippen LogP contribution in [-0.4, -0.2) is 28.8 Å². The molecule has 1 atom stereocenters. The molecule has 1 aromatic heterocycles. The van der Waals surface area contributed by atoms with Crippen LogP contribution in [0.5, 0.6) is 0 Å². The summed E-state index contributed by atoms with van der Waals surface area (Å²) in [5.74, 6) is -1.43. The van der Waals surface area contributed by atoms with Crippen LogP contribution in [0.3, 0.4) is 0 Å². The summed E-state index contributed by atoms with van der Waals surface area (Å²) in [5, 5.41) is 10.6. The zero-order valence-corrected chi connectivity index (χ0v) is 9.16. The molecule has 0 saturated heterocycles. The van der Waals surface area contributed by atoms with Gasteiger partial charge in [0.25, 0.3) is 0 Å². The fourth-order valence-corrected chi connectivity index (χ4v) is 1.90. The molecule has 1 aromatic rings. The first-order valence-corrected chi connectivity index (χ1v) is 5.13. The quantitative estimate of drug-likeness (QED) is 0.882. The number of carboxylic acid groups (broad SMARTS) is 1. The number of alkyl halides is 3. The van der Waals surface area contributed by atoms with E-state index in [9.17, 15) is 18.0 Å². The molecule has 0 aliphatic carbocycles. The summed E-state index contributed by atoms with van der Waals surface area (Å²) in [6.07, 6.45) is -3.29. The summed E-state index contributed by atoms with van der Waals surface area (Å²) in [7, 11) is 0. The predicted molar refractivity (Wildman–Crippen MR) is 51.6 cm³/mol. The molecule has 0 saturated carbocycles. The number of carboxylic acids is 1. The van der Waals surface area contributed by atoms with Crippen LogP contribution in [0.15, 0.2) is 6.20 Å². The predicted octanol–water partition coefficient (Wildman–Crippen LogP) is 2.07. The number of hydrogen-bond acceptors (Lipinski definition) is 4. The second-order valence-electron chi connectivity index (χ2n) is 2.77. The van der Waals surface area contributed by atoms with Gasteiger partial charge in [0.05, 0.1) is 12.7 Å². The van der Waals surface area contributed by atoms with Crippen molar-refractivity contribution in [3.8, 4) is 0 Å². The number of halogens is 4. The van der Waals surface area contributed by atoms with Crippen molar-refractivity contribution in [3.63, 3.8) is 0 Å². The molecule has 90 valence electrons. The summed E-state index contributed by atoms with van der Waals surface area (Å²) in [5.41, 5.74) is 0. The average Bonchev–Trinajstić information content (AvgIpc) is 2.49. The molecule has 1 unspecified atom stereocenters. The third-order valence-electron chi connectivity index (χ3n) is 1.50. The summed E-state index contributed by atoms with van der Waals surface area (Å²) in [6.45, 7) is -1.40. The van der Waals surface area contributed by atoms with E-state index >= 15 is 0 Å². The second-order valence-corrected chi connectivity index (χ2v) is 4.46. The lowest BCUT2D eigenvalue weighted by Gasteiger charge is -2.13. The number of hydrogen-bond donors (Lipinski definition) is 2. The number of carbonyl (C=O) groups is 1. The van der Waals surface area contributed by atoms with E-state index in [-0.39, 0.29) is 9.34 Å². The number of aliphatic carboxylic acids is 1. The van der Waals surface area contributed by atoms with Gasteiger partial charge in [0, 0.05) is 0 Å². The van der Waals surface area contributed by atoms with Crippen molar-refractivity contribution < 1.29 is 23.1 Å². The molecule has 0 bridgehead atoms. The van der Waals surface area contributed by atoms with Gasteiger partial charge in [-0.2, -0.15) is 13.2 Å². The van der Waals surface area contributed by atoms with E-state index in [1.165, 1.54) is 6.20 Å². The highest BCUT2D eigenvalue weighted by molar-refractivity contribution is 7.16. The standard InChI is InChI=1S/C7H6ClF3N2O2S/c8-3-1-12-5(16-3)4(6(14)15)13-2-7(9,10)11/h1,4,13H,2H2,(H,14,15). The third-order valence-corrected chi connectivity index (χ3v) is 2.68. The van der Waals surface area contributed by atoms with Crippen molar-refractivity contribution in [2.75, 3.05) is 6.54 Å². The van der Waals surface area contributed by atoms with E-state index in [1.807, 2.05) is 5.32 Å². The van der Waals surface area contributed by atoms with Gasteiger partial charge in [-0.3, -0.25) is 10.1 Å². The first-order chi connectivity index (χ1) is 7.29. The second kappa shape index (κ2) is 4.98. The van der Waals surface area contributed by atoms with Gasteiger partial charge in [-0.25, -0.2) is 4.98 Å². The Balaban J connectivity index is 2.73. The van der Waals surface area contributed by atoms with Gasteiger partial charge >= 0.3 is 12.1 Å². The Kier molecular flexibility index (Phi) is 4.11. The van der Waals surface area contributed by atoms with Crippen molar-refractivity contribution in [1.82, 2.24) is 10.3 Å². The minimum absolute atomic E-state index is 0.0123. The third kappa shape index (κ3) is 3.95. The molecule has 0 spiro atoms. The molecule has 0 radical (unpaired) electrons. The molecule has 1 heterocycles. The number of nitrogens with zero attached hydrogens (tertiary/aromatic N) is 1.